The van der Waals surface area contributed by atoms with Crippen LogP contribution in [0.3, 0.4) is 0 Å². The Morgan fingerprint density at radius 1 is 1.22 bits per heavy atom. The molecular weight excluding hydrogens is 294 g/mol. The summed E-state index contributed by atoms with van der Waals surface area (Å²) in [6, 6.07) is 15.6. The number of oxime groups is 1. The van der Waals surface area contributed by atoms with Crippen LogP contribution in [0.2, 0.25) is 0 Å². The monoisotopic (exact) mass is 307 g/mol. The summed E-state index contributed by atoms with van der Waals surface area (Å²) in [6.45, 7) is 0.180. The predicted molar refractivity (Wildman–Crippen MR) is 86.6 cm³/mol. The van der Waals surface area contributed by atoms with Crippen molar-refractivity contribution in [2.45, 2.75) is 6.61 Å². The van der Waals surface area contributed by atoms with Crippen LogP contribution in [0, 0.1) is 21.4 Å². The summed E-state index contributed by atoms with van der Waals surface area (Å²) in [4.78, 5) is 15.5. The predicted octanol–water partition coefficient (Wildman–Crippen LogP) is 3.68. The van der Waals surface area contributed by atoms with E-state index in [0.717, 1.165) is 5.56 Å². The zero-order chi connectivity index (χ0) is 16.5. The first-order valence-corrected chi connectivity index (χ1v) is 6.76. The molecule has 0 aliphatic carbocycles. The second-order valence-corrected chi connectivity index (χ2v) is 4.47. The first-order chi connectivity index (χ1) is 11.2. The highest BCUT2D eigenvalue weighted by atomic mass is 16.6. The molecule has 2 aromatic carbocycles. The van der Waals surface area contributed by atoms with Crippen molar-refractivity contribution in [2.75, 3.05) is 0 Å². The number of nitrogens with zero attached hydrogens (tertiary/aromatic N) is 3. The number of para-hydroxylation sites is 1. The molecule has 0 aliphatic heterocycles. The molecule has 2 rings (SSSR count). The highest BCUT2D eigenvalue weighted by molar-refractivity contribution is 5.79. The lowest BCUT2D eigenvalue weighted by molar-refractivity contribution is -0.385. The van der Waals surface area contributed by atoms with Crippen LogP contribution < -0.4 is 0 Å². The molecule has 114 valence electrons. The Labute approximate surface area is 133 Å². The van der Waals surface area contributed by atoms with Crippen LogP contribution in [-0.4, -0.2) is 11.1 Å². The molecule has 0 aromatic heterocycles. The third-order valence-corrected chi connectivity index (χ3v) is 2.99. The summed E-state index contributed by atoms with van der Waals surface area (Å²) >= 11 is 0. The van der Waals surface area contributed by atoms with E-state index >= 15 is 0 Å². The summed E-state index contributed by atoms with van der Waals surface area (Å²) in [5.74, 6) is 0. The van der Waals surface area contributed by atoms with Gasteiger partial charge in [-0.15, -0.1) is 0 Å². The van der Waals surface area contributed by atoms with Crippen molar-refractivity contribution in [3.05, 3.63) is 81.4 Å². The second-order valence-electron chi connectivity index (χ2n) is 4.47. The molecule has 2 aromatic rings. The molecule has 0 saturated carbocycles. The maximum Gasteiger partial charge on any atom is 0.276 e. The van der Waals surface area contributed by atoms with E-state index < -0.39 is 4.92 Å². The lowest BCUT2D eigenvalue weighted by Crippen LogP contribution is -1.91. The van der Waals surface area contributed by atoms with Crippen molar-refractivity contribution >= 4 is 18.0 Å². The molecule has 0 bridgehead atoms. The number of nitro benzene ring substituents is 1. The number of benzene rings is 2. The Hall–Kier alpha value is -3.46. The molecule has 6 heteroatoms. The van der Waals surface area contributed by atoms with E-state index in [9.17, 15) is 10.1 Å². The molecule has 0 N–H and O–H groups in total. The fourth-order valence-electron chi connectivity index (χ4n) is 1.88. The third kappa shape index (κ3) is 4.51. The van der Waals surface area contributed by atoms with Crippen molar-refractivity contribution in [1.29, 1.82) is 5.26 Å². The first-order valence-electron chi connectivity index (χ1n) is 6.76. The Bertz CT molecular complexity index is 792. The van der Waals surface area contributed by atoms with Gasteiger partial charge in [0.2, 0.25) is 0 Å². The van der Waals surface area contributed by atoms with E-state index in [1.165, 1.54) is 12.3 Å². The van der Waals surface area contributed by atoms with Gasteiger partial charge >= 0.3 is 0 Å². The topological polar surface area (TPSA) is 88.5 Å². The van der Waals surface area contributed by atoms with Crippen molar-refractivity contribution in [3.63, 3.8) is 0 Å². The standard InChI is InChI=1S/C17H13N3O3/c18-12-15-7-1-2-8-16(15)13-23-19-11-5-9-14-6-3-4-10-17(14)20(21)22/h1-11H,13H2/b9-5+,19-11-. The van der Waals surface area contributed by atoms with E-state index in [4.69, 9.17) is 10.1 Å². The third-order valence-electron chi connectivity index (χ3n) is 2.99. The minimum absolute atomic E-state index is 0.0287. The normalized spacial score (nSPS) is 10.7. The number of nitriles is 1. The van der Waals surface area contributed by atoms with Crippen molar-refractivity contribution in [1.82, 2.24) is 0 Å². The van der Waals surface area contributed by atoms with Crippen LogP contribution in [0.15, 0.2) is 59.8 Å². The van der Waals surface area contributed by atoms with Crippen molar-refractivity contribution < 1.29 is 9.76 Å². The van der Waals surface area contributed by atoms with Gasteiger partial charge in [-0.25, -0.2) is 0 Å². The van der Waals surface area contributed by atoms with Crippen LogP contribution in [0.4, 0.5) is 5.69 Å². The second kappa shape index (κ2) is 8.10. The fraction of sp³-hybridized carbons (Fsp3) is 0.0588. The van der Waals surface area contributed by atoms with Gasteiger partial charge in [-0.05, 0) is 24.3 Å². The number of allylic oxidation sites excluding steroid dienone is 1. The van der Waals surface area contributed by atoms with Gasteiger partial charge in [0, 0.05) is 11.6 Å². The van der Waals surface area contributed by atoms with Gasteiger partial charge in [0.05, 0.1) is 28.3 Å². The van der Waals surface area contributed by atoms with Crippen LogP contribution in [0.1, 0.15) is 16.7 Å². The van der Waals surface area contributed by atoms with E-state index in [-0.39, 0.29) is 12.3 Å². The van der Waals surface area contributed by atoms with E-state index in [1.807, 2.05) is 6.07 Å². The average Bonchev–Trinajstić information content (AvgIpc) is 2.58. The molecular formula is C17H13N3O3. The Morgan fingerprint density at radius 3 is 2.74 bits per heavy atom. The number of hydrogen-bond acceptors (Lipinski definition) is 5. The molecule has 0 amide bonds. The average molecular weight is 307 g/mol. The zero-order valence-electron chi connectivity index (χ0n) is 12.1. The van der Waals surface area contributed by atoms with Crippen molar-refractivity contribution in [3.8, 4) is 6.07 Å². The first kappa shape index (κ1) is 15.9. The molecule has 0 fully saturated rings. The molecule has 0 heterocycles. The number of hydrogen-bond donors (Lipinski definition) is 0. The molecule has 0 atom stereocenters. The molecule has 0 aliphatic rings. The number of rotatable bonds is 6. The summed E-state index contributed by atoms with van der Waals surface area (Å²) in [5.41, 5.74) is 1.80. The highest BCUT2D eigenvalue weighted by Crippen LogP contribution is 2.18. The van der Waals surface area contributed by atoms with E-state index in [0.29, 0.717) is 11.1 Å². The Balaban J connectivity index is 1.93. The molecule has 23 heavy (non-hydrogen) atoms. The fourth-order valence-corrected chi connectivity index (χ4v) is 1.88. The van der Waals surface area contributed by atoms with Gasteiger partial charge in [0.15, 0.2) is 0 Å². The summed E-state index contributed by atoms with van der Waals surface area (Å²) < 4.78 is 0. The lowest BCUT2D eigenvalue weighted by Gasteiger charge is -2.00. The van der Waals surface area contributed by atoms with Crippen LogP contribution in [0.25, 0.3) is 6.08 Å². The van der Waals surface area contributed by atoms with E-state index in [1.54, 1.807) is 48.6 Å². The maximum absolute atomic E-state index is 10.9. The highest BCUT2D eigenvalue weighted by Gasteiger charge is 2.08. The zero-order valence-corrected chi connectivity index (χ0v) is 12.1. The minimum Gasteiger partial charge on any atom is -0.391 e. The van der Waals surface area contributed by atoms with E-state index in [2.05, 4.69) is 11.2 Å². The molecule has 0 saturated heterocycles. The smallest absolute Gasteiger partial charge is 0.276 e. The molecule has 0 unspecified atom stereocenters. The van der Waals surface area contributed by atoms with Crippen LogP contribution >= 0.6 is 0 Å². The maximum atomic E-state index is 10.9. The van der Waals surface area contributed by atoms with Gasteiger partial charge in [-0.1, -0.05) is 35.5 Å². The molecule has 6 nitrogen and oxygen atoms in total. The lowest BCUT2D eigenvalue weighted by atomic mass is 10.1. The van der Waals surface area contributed by atoms with Gasteiger partial charge in [-0.3, -0.25) is 10.1 Å². The quantitative estimate of drug-likeness (QED) is 0.462. The van der Waals surface area contributed by atoms with Crippen LogP contribution in [0.5, 0.6) is 0 Å². The molecule has 0 spiro atoms. The Morgan fingerprint density at radius 2 is 1.96 bits per heavy atom. The largest absolute Gasteiger partial charge is 0.391 e. The van der Waals surface area contributed by atoms with Gasteiger partial charge in [-0.2, -0.15) is 5.26 Å². The summed E-state index contributed by atoms with van der Waals surface area (Å²) in [5, 5.41) is 23.5. The Kier molecular flexibility index (Phi) is 5.61. The van der Waals surface area contributed by atoms with Crippen molar-refractivity contribution in [2.24, 2.45) is 5.16 Å². The number of nitro groups is 1. The summed E-state index contributed by atoms with van der Waals surface area (Å²) in [6.07, 6.45) is 4.53. The van der Waals surface area contributed by atoms with Crippen LogP contribution in [-0.2, 0) is 11.4 Å². The van der Waals surface area contributed by atoms with Gasteiger partial charge in [0.25, 0.3) is 5.69 Å². The van der Waals surface area contributed by atoms with Gasteiger partial charge < -0.3 is 4.84 Å². The minimum atomic E-state index is -0.438. The SMILES string of the molecule is N#Cc1ccccc1CO/N=C\C=C\c1ccccc1[N+](=O)[O-]. The molecule has 0 radical (unpaired) electrons. The van der Waals surface area contributed by atoms with Gasteiger partial charge in [0.1, 0.15) is 6.61 Å². The summed E-state index contributed by atoms with van der Waals surface area (Å²) in [7, 11) is 0.